The summed E-state index contributed by atoms with van der Waals surface area (Å²) < 4.78 is 0. The van der Waals surface area contributed by atoms with Gasteiger partial charge in [-0.15, -0.1) is 0 Å². The molecule has 1 heteroatoms. The van der Waals surface area contributed by atoms with Crippen LogP contribution in [0.5, 0.6) is 0 Å². The van der Waals surface area contributed by atoms with E-state index in [0.717, 1.165) is 18.5 Å². The highest BCUT2D eigenvalue weighted by atomic mass is 14.9. The van der Waals surface area contributed by atoms with Crippen molar-refractivity contribution in [2.24, 2.45) is 0 Å². The molecule has 0 bridgehead atoms. The van der Waals surface area contributed by atoms with Gasteiger partial charge < -0.3 is 5.32 Å². The number of hydrogen-bond acceptors (Lipinski definition) is 1. The second kappa shape index (κ2) is 13.2. The van der Waals surface area contributed by atoms with Crippen LogP contribution in [0.2, 0.25) is 0 Å². The molecule has 0 saturated heterocycles. The molecule has 0 amide bonds. The normalized spacial score (nSPS) is 11.2. The average molecular weight is 366 g/mol. The molecule has 0 saturated carbocycles. The molecule has 0 aliphatic heterocycles. The molecule has 27 heavy (non-hydrogen) atoms. The lowest BCUT2D eigenvalue weighted by Crippen LogP contribution is -2.11. The van der Waals surface area contributed by atoms with Crippen molar-refractivity contribution < 1.29 is 0 Å². The van der Waals surface area contributed by atoms with Gasteiger partial charge in [0.1, 0.15) is 0 Å². The largest absolute Gasteiger partial charge is 0.385 e. The van der Waals surface area contributed by atoms with E-state index in [4.69, 9.17) is 0 Å². The fraction of sp³-hybridized carbons (Fsp3) is 0.462. The Morgan fingerprint density at radius 2 is 1.52 bits per heavy atom. The maximum Gasteiger partial charge on any atom is 0.0422 e. The highest BCUT2D eigenvalue weighted by Crippen LogP contribution is 2.38. The Morgan fingerprint density at radius 3 is 2.22 bits per heavy atom. The number of anilines is 1. The molecule has 0 unspecified atom stereocenters. The third-order valence-corrected chi connectivity index (χ3v) is 4.52. The van der Waals surface area contributed by atoms with Crippen molar-refractivity contribution in [1.82, 2.24) is 0 Å². The second-order valence-electron chi connectivity index (χ2n) is 6.85. The molecular weight excluding hydrogens is 326 g/mol. The molecule has 0 atom stereocenters. The highest BCUT2D eigenvalue weighted by Gasteiger charge is 2.20. The van der Waals surface area contributed by atoms with E-state index in [0.29, 0.717) is 0 Å². The van der Waals surface area contributed by atoms with Crippen LogP contribution in [0.25, 0.3) is 5.57 Å². The van der Waals surface area contributed by atoms with Gasteiger partial charge in [0, 0.05) is 17.8 Å². The molecule has 1 nitrogen and oxygen atoms in total. The number of rotatable bonds is 6. The standard InChI is InChI=1S/C21H25N.C3H8.C2H6/c1-3-4-5-8-14-22-20-13-9-11-18-15-17-10-6-7-12-19(17)16(2)21(18)20;1-3-2;1-2/h6-7,9-13,22H,2-5,8,14-15H2,1H3;3H2,1-2H3;1-2H3. The van der Waals surface area contributed by atoms with E-state index in [9.17, 15) is 0 Å². The third-order valence-electron chi connectivity index (χ3n) is 4.52. The van der Waals surface area contributed by atoms with Crippen molar-refractivity contribution in [3.8, 4) is 0 Å². The van der Waals surface area contributed by atoms with Gasteiger partial charge in [-0.3, -0.25) is 0 Å². The quantitative estimate of drug-likeness (QED) is 0.435. The summed E-state index contributed by atoms with van der Waals surface area (Å²) in [6.45, 7) is 15.9. The Hall–Kier alpha value is -2.02. The minimum atomic E-state index is 1.01. The summed E-state index contributed by atoms with van der Waals surface area (Å²) in [7, 11) is 0. The van der Waals surface area contributed by atoms with Crippen LogP contribution in [0.4, 0.5) is 5.69 Å². The highest BCUT2D eigenvalue weighted by molar-refractivity contribution is 5.90. The van der Waals surface area contributed by atoms with Crippen LogP contribution in [0.3, 0.4) is 0 Å². The van der Waals surface area contributed by atoms with E-state index >= 15 is 0 Å². The van der Waals surface area contributed by atoms with Gasteiger partial charge in [-0.1, -0.05) is 103 Å². The molecular formula is C26H39N. The summed E-state index contributed by atoms with van der Waals surface area (Å²) in [5.74, 6) is 0. The molecule has 2 aromatic carbocycles. The lowest BCUT2D eigenvalue weighted by molar-refractivity contribution is 0.685. The SMILES string of the molecule is C=C1c2ccccc2Cc2cccc(NCCCCCC)c21.CC.CCC. The van der Waals surface area contributed by atoms with Crippen molar-refractivity contribution in [2.45, 2.75) is 73.1 Å². The van der Waals surface area contributed by atoms with E-state index in [-0.39, 0.29) is 0 Å². The van der Waals surface area contributed by atoms with Gasteiger partial charge in [0.05, 0.1) is 0 Å². The summed E-state index contributed by atoms with van der Waals surface area (Å²) in [5.41, 5.74) is 7.80. The van der Waals surface area contributed by atoms with Gasteiger partial charge in [0.25, 0.3) is 0 Å². The molecule has 0 heterocycles. The van der Waals surface area contributed by atoms with Gasteiger partial charge in [-0.25, -0.2) is 0 Å². The number of nitrogens with one attached hydrogen (secondary N) is 1. The summed E-state index contributed by atoms with van der Waals surface area (Å²) in [6.07, 6.45) is 7.42. The number of benzene rings is 2. The molecule has 1 N–H and O–H groups in total. The van der Waals surface area contributed by atoms with Crippen molar-refractivity contribution in [1.29, 1.82) is 0 Å². The van der Waals surface area contributed by atoms with Gasteiger partial charge >= 0.3 is 0 Å². The first kappa shape index (κ1) is 23.0. The van der Waals surface area contributed by atoms with Crippen LogP contribution in [0.1, 0.15) is 89.0 Å². The molecule has 1 aliphatic rings. The van der Waals surface area contributed by atoms with Crippen LogP contribution in [0.15, 0.2) is 49.0 Å². The van der Waals surface area contributed by atoms with Crippen molar-refractivity contribution >= 4 is 11.3 Å². The zero-order chi connectivity index (χ0) is 20.1. The first-order chi connectivity index (χ1) is 13.2. The summed E-state index contributed by atoms with van der Waals surface area (Å²) >= 11 is 0. The molecule has 0 radical (unpaired) electrons. The van der Waals surface area contributed by atoms with Crippen molar-refractivity contribution in [2.75, 3.05) is 11.9 Å². The van der Waals surface area contributed by atoms with Crippen LogP contribution in [-0.4, -0.2) is 6.54 Å². The smallest absolute Gasteiger partial charge is 0.0422 e. The summed E-state index contributed by atoms with van der Waals surface area (Å²) in [6, 6.07) is 15.2. The lowest BCUT2D eigenvalue weighted by Gasteiger charge is -2.25. The first-order valence-electron chi connectivity index (χ1n) is 10.9. The molecule has 0 fully saturated rings. The first-order valence-corrected chi connectivity index (χ1v) is 10.9. The minimum absolute atomic E-state index is 1.01. The second-order valence-corrected chi connectivity index (χ2v) is 6.85. The lowest BCUT2D eigenvalue weighted by atomic mass is 9.82. The molecule has 3 rings (SSSR count). The van der Waals surface area contributed by atoms with Crippen LogP contribution in [-0.2, 0) is 6.42 Å². The maximum atomic E-state index is 4.38. The number of unbranched alkanes of at least 4 members (excludes halogenated alkanes) is 3. The Labute approximate surface area is 167 Å². The van der Waals surface area contributed by atoms with E-state index in [2.05, 4.69) is 75.1 Å². The third kappa shape index (κ3) is 6.57. The molecule has 0 aromatic heterocycles. The Kier molecular flexibility index (Phi) is 11.2. The van der Waals surface area contributed by atoms with E-state index in [1.54, 1.807) is 0 Å². The summed E-state index contributed by atoms with van der Waals surface area (Å²) in [4.78, 5) is 0. The van der Waals surface area contributed by atoms with Gasteiger partial charge in [0.2, 0.25) is 0 Å². The van der Waals surface area contributed by atoms with Crippen LogP contribution < -0.4 is 5.32 Å². The minimum Gasteiger partial charge on any atom is -0.385 e. The van der Waals surface area contributed by atoms with Gasteiger partial charge in [-0.05, 0) is 41.2 Å². The number of hydrogen-bond donors (Lipinski definition) is 1. The Balaban J connectivity index is 0.000000665. The maximum absolute atomic E-state index is 4.38. The predicted octanol–water partition coefficient (Wildman–Crippen LogP) is 8.09. The van der Waals surface area contributed by atoms with E-state index in [1.807, 2.05) is 13.8 Å². The van der Waals surface area contributed by atoms with E-state index in [1.165, 1.54) is 60.0 Å². The van der Waals surface area contributed by atoms with Crippen LogP contribution >= 0.6 is 0 Å². The van der Waals surface area contributed by atoms with Gasteiger partial charge in [-0.2, -0.15) is 0 Å². The Morgan fingerprint density at radius 1 is 0.852 bits per heavy atom. The molecule has 0 spiro atoms. The number of fused-ring (bicyclic) bond motifs is 2. The zero-order valence-corrected chi connectivity index (χ0v) is 18.2. The monoisotopic (exact) mass is 365 g/mol. The zero-order valence-electron chi connectivity index (χ0n) is 18.2. The molecule has 148 valence electrons. The fourth-order valence-electron chi connectivity index (χ4n) is 3.33. The molecule has 1 aliphatic carbocycles. The topological polar surface area (TPSA) is 12.0 Å². The van der Waals surface area contributed by atoms with Gasteiger partial charge in [0.15, 0.2) is 0 Å². The predicted molar refractivity (Wildman–Crippen MR) is 124 cm³/mol. The fourth-order valence-corrected chi connectivity index (χ4v) is 3.33. The Bertz CT molecular complexity index is 684. The molecule has 2 aromatic rings. The van der Waals surface area contributed by atoms with Crippen molar-refractivity contribution in [3.63, 3.8) is 0 Å². The average Bonchev–Trinajstić information content (AvgIpc) is 2.70. The van der Waals surface area contributed by atoms with Crippen molar-refractivity contribution in [3.05, 3.63) is 71.3 Å². The van der Waals surface area contributed by atoms with Crippen LogP contribution in [0, 0.1) is 0 Å². The van der Waals surface area contributed by atoms with E-state index < -0.39 is 0 Å². The summed E-state index contributed by atoms with van der Waals surface area (Å²) in [5, 5.41) is 3.63.